The number of anilines is 2. The van der Waals surface area contributed by atoms with Gasteiger partial charge in [-0.1, -0.05) is 29.2 Å². The van der Waals surface area contributed by atoms with E-state index in [0.717, 1.165) is 33.0 Å². The van der Waals surface area contributed by atoms with E-state index in [1.54, 1.807) is 18.3 Å². The van der Waals surface area contributed by atoms with Gasteiger partial charge in [0, 0.05) is 28.9 Å². The molecule has 1 amide bonds. The Morgan fingerprint density at radius 1 is 1.27 bits per heavy atom. The number of carbonyl (C=O) groups is 2. The molecule has 0 aromatic carbocycles. The molecule has 1 fully saturated rings. The van der Waals surface area contributed by atoms with E-state index in [-0.39, 0.29) is 18.3 Å². The first kappa shape index (κ1) is 21.3. The molecule has 0 spiro atoms. The van der Waals surface area contributed by atoms with Gasteiger partial charge < -0.3 is 15.0 Å². The Hall–Kier alpha value is -1.95. The maximum absolute atomic E-state index is 12.5. The second-order valence-corrected chi connectivity index (χ2v) is 10.4. The molecule has 0 unspecified atom stereocenters. The lowest BCUT2D eigenvalue weighted by Crippen LogP contribution is -2.17. The summed E-state index contributed by atoms with van der Waals surface area (Å²) in [5.41, 5.74) is 1.20. The van der Waals surface area contributed by atoms with Crippen molar-refractivity contribution in [1.29, 1.82) is 0 Å². The highest BCUT2D eigenvalue weighted by atomic mass is 32.2. The second-order valence-electron chi connectivity index (χ2n) is 6.43. The number of hydrogen-bond acceptors (Lipinski definition) is 10. The molecule has 3 aromatic heterocycles. The van der Waals surface area contributed by atoms with Gasteiger partial charge in [-0.25, -0.2) is 4.79 Å². The first-order valence-electron chi connectivity index (χ1n) is 9.49. The average molecular weight is 481 g/mol. The number of thiophene rings is 2. The smallest absolute Gasteiger partial charge is 0.341 e. The van der Waals surface area contributed by atoms with Gasteiger partial charge in [0.25, 0.3) is 0 Å². The molecular weight excluding hydrogens is 461 g/mol. The predicted molar refractivity (Wildman–Crippen MR) is 124 cm³/mol. The van der Waals surface area contributed by atoms with Crippen LogP contribution in [0.4, 0.5) is 10.1 Å². The van der Waals surface area contributed by atoms with Crippen LogP contribution < -0.4 is 10.2 Å². The number of nitrogens with one attached hydrogen (secondary N) is 1. The minimum atomic E-state index is -0.426. The minimum absolute atomic E-state index is 0.192. The van der Waals surface area contributed by atoms with Gasteiger partial charge in [-0.05, 0) is 31.2 Å². The van der Waals surface area contributed by atoms with E-state index in [2.05, 4.69) is 20.4 Å². The van der Waals surface area contributed by atoms with E-state index >= 15 is 0 Å². The molecule has 30 heavy (non-hydrogen) atoms. The molecule has 0 aliphatic carbocycles. The number of amides is 1. The van der Waals surface area contributed by atoms with Gasteiger partial charge in [-0.2, -0.15) is 0 Å². The van der Waals surface area contributed by atoms with E-state index in [1.165, 1.54) is 47.3 Å². The molecule has 7 nitrogen and oxygen atoms in total. The first-order chi connectivity index (χ1) is 14.7. The molecule has 11 heteroatoms. The molecule has 4 rings (SSSR count). The largest absolute Gasteiger partial charge is 0.462 e. The van der Waals surface area contributed by atoms with Gasteiger partial charge in [0.1, 0.15) is 10.6 Å². The van der Waals surface area contributed by atoms with Crippen LogP contribution >= 0.6 is 45.8 Å². The van der Waals surface area contributed by atoms with Crippen LogP contribution in [0.1, 0.15) is 30.1 Å². The number of rotatable bonds is 8. The van der Waals surface area contributed by atoms with Crippen molar-refractivity contribution in [3.8, 4) is 10.4 Å². The first-order valence-corrected chi connectivity index (χ1v) is 13.1. The van der Waals surface area contributed by atoms with Gasteiger partial charge in [0.2, 0.25) is 11.0 Å². The Morgan fingerprint density at radius 3 is 2.83 bits per heavy atom. The van der Waals surface area contributed by atoms with Crippen LogP contribution in [0.25, 0.3) is 10.4 Å². The lowest BCUT2D eigenvalue weighted by atomic mass is 10.1. The van der Waals surface area contributed by atoms with E-state index in [9.17, 15) is 9.59 Å². The molecule has 0 atom stereocenters. The fourth-order valence-corrected chi connectivity index (χ4v) is 6.54. The zero-order valence-electron chi connectivity index (χ0n) is 16.3. The summed E-state index contributed by atoms with van der Waals surface area (Å²) >= 11 is 5.74. The highest BCUT2D eigenvalue weighted by Gasteiger charge is 2.23. The van der Waals surface area contributed by atoms with Gasteiger partial charge in [0.05, 0.1) is 12.4 Å². The quantitative estimate of drug-likeness (QED) is 0.365. The van der Waals surface area contributed by atoms with Gasteiger partial charge in [0.15, 0.2) is 4.34 Å². The zero-order valence-corrected chi connectivity index (χ0v) is 19.5. The molecule has 0 saturated carbocycles. The fourth-order valence-electron chi connectivity index (χ4n) is 3.06. The topological polar surface area (TPSA) is 84.4 Å². The second kappa shape index (κ2) is 9.90. The van der Waals surface area contributed by atoms with E-state index in [0.29, 0.717) is 10.6 Å². The Kier molecular flexibility index (Phi) is 7.03. The summed E-state index contributed by atoms with van der Waals surface area (Å²) < 4.78 is 5.99. The molecule has 1 N–H and O–H groups in total. The SMILES string of the molecule is CCOC(=O)c1c(-c2cccs2)csc1NC(=O)CSc1nnc(N2CCCC2)s1. The molecule has 1 aliphatic rings. The summed E-state index contributed by atoms with van der Waals surface area (Å²) in [6.45, 7) is 4.07. The molecule has 0 bridgehead atoms. The third-order valence-electron chi connectivity index (χ3n) is 4.41. The number of hydrogen-bond donors (Lipinski definition) is 1. The third-order valence-corrected chi connectivity index (χ3v) is 8.33. The number of carbonyl (C=O) groups excluding carboxylic acids is 2. The van der Waals surface area contributed by atoms with Crippen molar-refractivity contribution in [1.82, 2.24) is 10.2 Å². The Balaban J connectivity index is 1.42. The van der Waals surface area contributed by atoms with Crippen molar-refractivity contribution >= 4 is 67.8 Å². The molecule has 1 aliphatic heterocycles. The standard InChI is InChI=1S/C19H20N4O3S4/c1-2-26-17(25)15-12(13-6-5-9-27-13)10-28-16(15)20-14(24)11-29-19-22-21-18(30-19)23-7-3-4-8-23/h5-6,9-10H,2-4,7-8,11H2,1H3,(H,20,24). The number of aromatic nitrogens is 2. The maximum atomic E-state index is 12.5. The number of esters is 1. The monoisotopic (exact) mass is 480 g/mol. The zero-order chi connectivity index (χ0) is 20.9. The van der Waals surface area contributed by atoms with Crippen LogP contribution in [0.2, 0.25) is 0 Å². The third kappa shape index (κ3) is 4.85. The molecule has 4 heterocycles. The number of nitrogens with zero attached hydrogens (tertiary/aromatic N) is 3. The van der Waals surface area contributed by atoms with Gasteiger partial charge >= 0.3 is 5.97 Å². The van der Waals surface area contributed by atoms with Crippen LogP contribution in [0.5, 0.6) is 0 Å². The Bertz CT molecular complexity index is 1010. The summed E-state index contributed by atoms with van der Waals surface area (Å²) in [6, 6.07) is 3.88. The van der Waals surface area contributed by atoms with Crippen molar-refractivity contribution in [2.75, 3.05) is 35.7 Å². The average Bonchev–Trinajstić information content (AvgIpc) is 3.53. The van der Waals surface area contributed by atoms with Crippen LogP contribution in [-0.4, -0.2) is 47.5 Å². The Labute approximate surface area is 190 Å². The van der Waals surface area contributed by atoms with Crippen molar-refractivity contribution in [3.63, 3.8) is 0 Å². The van der Waals surface area contributed by atoms with E-state index < -0.39 is 5.97 Å². The summed E-state index contributed by atoms with van der Waals surface area (Å²) in [5, 5.41) is 16.6. The predicted octanol–water partition coefficient (Wildman–Crippen LogP) is 4.84. The normalized spacial score (nSPS) is 13.6. The van der Waals surface area contributed by atoms with Crippen molar-refractivity contribution in [2.24, 2.45) is 0 Å². The summed E-state index contributed by atoms with van der Waals surface area (Å²) in [7, 11) is 0. The van der Waals surface area contributed by atoms with Gasteiger partial charge in [-0.15, -0.1) is 32.9 Å². The lowest BCUT2D eigenvalue weighted by molar-refractivity contribution is -0.113. The van der Waals surface area contributed by atoms with Gasteiger partial charge in [-0.3, -0.25) is 4.79 Å². The molecular formula is C19H20N4O3S4. The Morgan fingerprint density at radius 2 is 2.10 bits per heavy atom. The highest BCUT2D eigenvalue weighted by molar-refractivity contribution is 8.01. The number of ether oxygens (including phenoxy) is 1. The minimum Gasteiger partial charge on any atom is -0.462 e. The molecule has 3 aromatic rings. The lowest BCUT2D eigenvalue weighted by Gasteiger charge is -2.10. The van der Waals surface area contributed by atoms with E-state index in [4.69, 9.17) is 4.74 Å². The molecule has 0 radical (unpaired) electrons. The van der Waals surface area contributed by atoms with Crippen molar-refractivity contribution in [3.05, 3.63) is 28.5 Å². The van der Waals surface area contributed by atoms with Crippen LogP contribution in [0.15, 0.2) is 27.2 Å². The van der Waals surface area contributed by atoms with Crippen molar-refractivity contribution in [2.45, 2.75) is 24.1 Å². The fraction of sp³-hybridized carbons (Fsp3) is 0.368. The van der Waals surface area contributed by atoms with Crippen LogP contribution in [0, 0.1) is 0 Å². The van der Waals surface area contributed by atoms with Crippen LogP contribution in [-0.2, 0) is 9.53 Å². The number of thioether (sulfide) groups is 1. The summed E-state index contributed by atoms with van der Waals surface area (Å²) in [6.07, 6.45) is 2.36. The van der Waals surface area contributed by atoms with Crippen molar-refractivity contribution < 1.29 is 14.3 Å². The molecule has 1 saturated heterocycles. The van der Waals surface area contributed by atoms with Crippen LogP contribution in [0.3, 0.4) is 0 Å². The summed E-state index contributed by atoms with van der Waals surface area (Å²) in [5.74, 6) is -0.420. The highest BCUT2D eigenvalue weighted by Crippen LogP contribution is 2.38. The van der Waals surface area contributed by atoms with E-state index in [1.807, 2.05) is 22.9 Å². The summed E-state index contributed by atoms with van der Waals surface area (Å²) in [4.78, 5) is 28.3. The molecule has 158 valence electrons. The maximum Gasteiger partial charge on any atom is 0.341 e.